The lowest BCUT2D eigenvalue weighted by molar-refractivity contribution is 0.194. The van der Waals surface area contributed by atoms with Crippen molar-refractivity contribution in [1.29, 1.82) is 0 Å². The van der Waals surface area contributed by atoms with Crippen LogP contribution in [0.25, 0.3) is 0 Å². The molecule has 0 radical (unpaired) electrons. The van der Waals surface area contributed by atoms with Crippen LogP contribution in [0, 0.1) is 6.92 Å². The van der Waals surface area contributed by atoms with Gasteiger partial charge in [0.15, 0.2) is 0 Å². The first kappa shape index (κ1) is 15.9. The van der Waals surface area contributed by atoms with Crippen LogP contribution in [0.5, 0.6) is 5.75 Å². The molecule has 21 heavy (non-hydrogen) atoms. The number of benzene rings is 1. The van der Waals surface area contributed by atoms with E-state index in [1.807, 2.05) is 19.1 Å². The molecule has 116 valence electrons. The van der Waals surface area contributed by atoms with Crippen molar-refractivity contribution in [3.63, 3.8) is 0 Å². The van der Waals surface area contributed by atoms with E-state index in [1.165, 1.54) is 25.7 Å². The molecule has 3 heteroatoms. The standard InChI is InChI=1S/C18H27NO2/c1-13(2)16-11-10-14(3)12-17(16)21-18(20)19-15-8-6-4-5-7-9-15/h10-13,15H,4-9H2,1-3H3,(H,19,20). The fraction of sp³-hybridized carbons (Fsp3) is 0.611. The van der Waals surface area contributed by atoms with Gasteiger partial charge in [0.1, 0.15) is 5.75 Å². The van der Waals surface area contributed by atoms with Crippen molar-refractivity contribution in [2.24, 2.45) is 0 Å². The predicted octanol–water partition coefficient (Wildman–Crippen LogP) is 4.93. The quantitative estimate of drug-likeness (QED) is 0.801. The Hall–Kier alpha value is -1.51. The van der Waals surface area contributed by atoms with Gasteiger partial charge in [-0.25, -0.2) is 4.79 Å². The zero-order valence-corrected chi connectivity index (χ0v) is 13.4. The maximum absolute atomic E-state index is 12.1. The molecule has 3 nitrogen and oxygen atoms in total. The molecule has 0 aromatic heterocycles. The van der Waals surface area contributed by atoms with Gasteiger partial charge in [-0.2, -0.15) is 0 Å². The molecule has 0 atom stereocenters. The molecule has 0 spiro atoms. The number of hydrogen-bond donors (Lipinski definition) is 1. The summed E-state index contributed by atoms with van der Waals surface area (Å²) in [5.74, 6) is 1.03. The summed E-state index contributed by atoms with van der Waals surface area (Å²) < 4.78 is 5.58. The van der Waals surface area contributed by atoms with Crippen molar-refractivity contribution in [3.05, 3.63) is 29.3 Å². The van der Waals surface area contributed by atoms with Gasteiger partial charge in [0, 0.05) is 6.04 Å². The van der Waals surface area contributed by atoms with Gasteiger partial charge in [-0.05, 0) is 42.9 Å². The molecule has 2 rings (SSSR count). The Morgan fingerprint density at radius 3 is 2.48 bits per heavy atom. The largest absolute Gasteiger partial charge is 0.412 e. The van der Waals surface area contributed by atoms with E-state index in [0.717, 1.165) is 24.0 Å². The zero-order valence-electron chi connectivity index (χ0n) is 13.4. The lowest BCUT2D eigenvalue weighted by Gasteiger charge is -2.18. The first-order valence-corrected chi connectivity index (χ1v) is 8.15. The highest BCUT2D eigenvalue weighted by Crippen LogP contribution is 2.27. The number of rotatable bonds is 3. The van der Waals surface area contributed by atoms with Gasteiger partial charge < -0.3 is 10.1 Å². The maximum atomic E-state index is 12.1. The smallest absolute Gasteiger partial charge is 0.410 e. The number of amides is 1. The fourth-order valence-electron chi connectivity index (χ4n) is 2.93. The minimum Gasteiger partial charge on any atom is -0.410 e. The number of hydrogen-bond acceptors (Lipinski definition) is 2. The van der Waals surface area contributed by atoms with E-state index in [1.54, 1.807) is 0 Å². The van der Waals surface area contributed by atoms with Gasteiger partial charge in [-0.15, -0.1) is 0 Å². The predicted molar refractivity (Wildman–Crippen MR) is 85.9 cm³/mol. The Balaban J connectivity index is 2.00. The topological polar surface area (TPSA) is 38.3 Å². The molecule has 1 fully saturated rings. The van der Waals surface area contributed by atoms with Gasteiger partial charge in [0.05, 0.1) is 0 Å². The van der Waals surface area contributed by atoms with Crippen LogP contribution < -0.4 is 10.1 Å². The molecular formula is C18H27NO2. The Labute approximate surface area is 128 Å². The average molecular weight is 289 g/mol. The molecule has 1 saturated carbocycles. The second kappa shape index (κ2) is 7.48. The van der Waals surface area contributed by atoms with Crippen LogP contribution in [0.1, 0.15) is 69.4 Å². The van der Waals surface area contributed by atoms with E-state index < -0.39 is 0 Å². The summed E-state index contributed by atoms with van der Waals surface area (Å²) >= 11 is 0. The molecule has 1 aromatic carbocycles. The third kappa shape index (κ3) is 4.76. The summed E-state index contributed by atoms with van der Waals surface area (Å²) in [6.07, 6.45) is 6.79. The lowest BCUT2D eigenvalue weighted by atomic mass is 10.0. The molecule has 1 aliphatic rings. The highest BCUT2D eigenvalue weighted by Gasteiger charge is 2.17. The van der Waals surface area contributed by atoms with Crippen molar-refractivity contribution < 1.29 is 9.53 Å². The number of aryl methyl sites for hydroxylation is 1. The summed E-state index contributed by atoms with van der Waals surface area (Å²) in [5.41, 5.74) is 2.19. The minimum absolute atomic E-state index is 0.271. The average Bonchev–Trinajstić information content (AvgIpc) is 2.66. The van der Waals surface area contributed by atoms with E-state index in [-0.39, 0.29) is 12.1 Å². The summed E-state index contributed by atoms with van der Waals surface area (Å²) in [6.45, 7) is 6.24. The Morgan fingerprint density at radius 2 is 1.86 bits per heavy atom. The summed E-state index contributed by atoms with van der Waals surface area (Å²) in [4.78, 5) is 12.1. The highest BCUT2D eigenvalue weighted by atomic mass is 16.6. The summed E-state index contributed by atoms with van der Waals surface area (Å²) in [6, 6.07) is 6.33. The van der Waals surface area contributed by atoms with Crippen molar-refractivity contribution in [3.8, 4) is 5.75 Å². The van der Waals surface area contributed by atoms with E-state index in [4.69, 9.17) is 4.74 Å². The molecule has 0 bridgehead atoms. The molecule has 0 aliphatic heterocycles. The number of nitrogens with one attached hydrogen (secondary N) is 1. The Kier molecular flexibility index (Phi) is 5.66. The van der Waals surface area contributed by atoms with Gasteiger partial charge in [-0.3, -0.25) is 0 Å². The van der Waals surface area contributed by atoms with Crippen LogP contribution in [0.2, 0.25) is 0 Å². The van der Waals surface area contributed by atoms with E-state index in [9.17, 15) is 4.79 Å². The van der Waals surface area contributed by atoms with Crippen molar-refractivity contribution >= 4 is 6.09 Å². The third-order valence-electron chi connectivity index (χ3n) is 4.17. The molecule has 0 unspecified atom stereocenters. The second-order valence-corrected chi connectivity index (χ2v) is 6.42. The second-order valence-electron chi connectivity index (χ2n) is 6.42. The SMILES string of the molecule is Cc1ccc(C(C)C)c(OC(=O)NC2CCCCCC2)c1. The molecule has 0 heterocycles. The van der Waals surface area contributed by atoms with Gasteiger partial charge >= 0.3 is 6.09 Å². The maximum Gasteiger partial charge on any atom is 0.412 e. The van der Waals surface area contributed by atoms with E-state index in [0.29, 0.717) is 11.7 Å². The van der Waals surface area contributed by atoms with Gasteiger partial charge in [0.25, 0.3) is 0 Å². The number of ether oxygens (including phenoxy) is 1. The first-order chi connectivity index (χ1) is 10.1. The summed E-state index contributed by atoms with van der Waals surface area (Å²) in [5, 5.41) is 3.03. The Bertz CT molecular complexity index is 474. The molecule has 1 amide bonds. The summed E-state index contributed by atoms with van der Waals surface area (Å²) in [7, 11) is 0. The fourth-order valence-corrected chi connectivity index (χ4v) is 2.93. The molecular weight excluding hydrogens is 262 g/mol. The molecule has 1 N–H and O–H groups in total. The van der Waals surface area contributed by atoms with Gasteiger partial charge in [0.2, 0.25) is 0 Å². The van der Waals surface area contributed by atoms with Crippen LogP contribution in [0.3, 0.4) is 0 Å². The monoisotopic (exact) mass is 289 g/mol. The zero-order chi connectivity index (χ0) is 15.2. The lowest BCUT2D eigenvalue weighted by Crippen LogP contribution is -2.36. The Morgan fingerprint density at radius 1 is 1.19 bits per heavy atom. The van der Waals surface area contributed by atoms with Crippen LogP contribution in [0.4, 0.5) is 4.79 Å². The van der Waals surface area contributed by atoms with Crippen molar-refractivity contribution in [1.82, 2.24) is 5.32 Å². The van der Waals surface area contributed by atoms with E-state index >= 15 is 0 Å². The third-order valence-corrected chi connectivity index (χ3v) is 4.17. The normalized spacial score (nSPS) is 16.6. The van der Waals surface area contributed by atoms with Crippen LogP contribution in [0.15, 0.2) is 18.2 Å². The van der Waals surface area contributed by atoms with Crippen molar-refractivity contribution in [2.45, 2.75) is 71.3 Å². The number of carbonyl (C=O) groups excluding carboxylic acids is 1. The molecule has 0 saturated heterocycles. The van der Waals surface area contributed by atoms with Crippen LogP contribution in [-0.2, 0) is 0 Å². The molecule has 1 aliphatic carbocycles. The van der Waals surface area contributed by atoms with Crippen molar-refractivity contribution in [2.75, 3.05) is 0 Å². The van der Waals surface area contributed by atoms with Gasteiger partial charge in [-0.1, -0.05) is 51.7 Å². The van der Waals surface area contributed by atoms with Crippen LogP contribution >= 0.6 is 0 Å². The first-order valence-electron chi connectivity index (χ1n) is 8.15. The highest BCUT2D eigenvalue weighted by molar-refractivity contribution is 5.71. The molecule has 1 aromatic rings. The van der Waals surface area contributed by atoms with E-state index in [2.05, 4.69) is 25.2 Å². The number of carbonyl (C=O) groups is 1. The minimum atomic E-state index is -0.311. The van der Waals surface area contributed by atoms with Crippen LogP contribution in [-0.4, -0.2) is 12.1 Å².